The average molecular weight is 255 g/mol. The molecule has 0 spiro atoms. The largest absolute Gasteiger partial charge is 0.524 e. The summed E-state index contributed by atoms with van der Waals surface area (Å²) in [7, 11) is 1.52. The van der Waals surface area contributed by atoms with E-state index in [1.807, 2.05) is 6.92 Å². The van der Waals surface area contributed by atoms with Crippen molar-refractivity contribution in [1.82, 2.24) is 5.32 Å². The van der Waals surface area contributed by atoms with E-state index in [4.69, 9.17) is 10.8 Å². The predicted molar refractivity (Wildman–Crippen MR) is 66.7 cm³/mol. The molecule has 18 heavy (non-hydrogen) atoms. The second-order valence-corrected chi connectivity index (χ2v) is 4.51. The summed E-state index contributed by atoms with van der Waals surface area (Å²) in [6.07, 6.45) is 2.69. The molecule has 2 atom stereocenters. The Labute approximate surface area is 106 Å². The van der Waals surface area contributed by atoms with Crippen LogP contribution >= 0.6 is 0 Å². The zero-order valence-electron chi connectivity index (χ0n) is 10.6. The van der Waals surface area contributed by atoms with Gasteiger partial charge in [-0.25, -0.2) is 4.99 Å². The Morgan fingerprint density at radius 3 is 2.78 bits per heavy atom. The van der Waals surface area contributed by atoms with Gasteiger partial charge < -0.3 is 16.2 Å². The molecule has 4 N–H and O–H groups in total. The van der Waals surface area contributed by atoms with Crippen molar-refractivity contribution in [2.75, 3.05) is 13.6 Å². The van der Waals surface area contributed by atoms with Gasteiger partial charge in [0.15, 0.2) is 0 Å². The van der Waals surface area contributed by atoms with Crippen LogP contribution in [0.15, 0.2) is 16.9 Å². The summed E-state index contributed by atoms with van der Waals surface area (Å²) >= 11 is 0. The molecule has 1 heterocycles. The van der Waals surface area contributed by atoms with Crippen LogP contribution in [0.4, 0.5) is 4.79 Å². The molecule has 0 aromatic carbocycles. The third-order valence-corrected chi connectivity index (χ3v) is 2.59. The Bertz CT molecular complexity index is 405. The Morgan fingerprint density at radius 2 is 2.28 bits per heavy atom. The van der Waals surface area contributed by atoms with Crippen molar-refractivity contribution in [2.45, 2.75) is 25.8 Å². The van der Waals surface area contributed by atoms with E-state index in [1.165, 1.54) is 13.4 Å². The number of carbonyl (C=O) groups is 2. The standard InChI is InChI=1S/C11H18N4O3/c1-8(14-10(16)3-4-12)5-9-6-15(2,7-13-9)11(17)18/h6-8H,3-5,12H2,1-2H3,(H-,14,16,17,18)/p+1/t8-,15?/m1/s1. The first-order valence-electron chi connectivity index (χ1n) is 5.73. The quantitative estimate of drug-likeness (QED) is 0.612. The summed E-state index contributed by atoms with van der Waals surface area (Å²) in [5.41, 5.74) is 5.93. The van der Waals surface area contributed by atoms with E-state index >= 15 is 0 Å². The second kappa shape index (κ2) is 5.74. The van der Waals surface area contributed by atoms with Crippen molar-refractivity contribution in [2.24, 2.45) is 10.7 Å². The summed E-state index contributed by atoms with van der Waals surface area (Å²) in [4.78, 5) is 26.3. The van der Waals surface area contributed by atoms with Gasteiger partial charge in [-0.15, -0.1) is 0 Å². The number of nitrogens with one attached hydrogen (secondary N) is 1. The van der Waals surface area contributed by atoms with Crippen LogP contribution in [0.3, 0.4) is 0 Å². The lowest BCUT2D eigenvalue weighted by atomic mass is 10.2. The van der Waals surface area contributed by atoms with Crippen LogP contribution < -0.4 is 11.1 Å². The Balaban J connectivity index is 2.52. The maximum absolute atomic E-state index is 11.3. The number of nitrogens with zero attached hydrogens (tertiary/aromatic N) is 2. The van der Waals surface area contributed by atoms with E-state index in [0.717, 1.165) is 0 Å². The first kappa shape index (κ1) is 14.3. The number of quaternary nitrogens is 1. The Hall–Kier alpha value is -1.73. The van der Waals surface area contributed by atoms with Gasteiger partial charge in [0.1, 0.15) is 11.9 Å². The monoisotopic (exact) mass is 255 g/mol. The molecule has 0 saturated heterocycles. The fourth-order valence-electron chi connectivity index (χ4n) is 1.62. The van der Waals surface area contributed by atoms with E-state index in [0.29, 0.717) is 18.7 Å². The van der Waals surface area contributed by atoms with Crippen LogP contribution in [0.1, 0.15) is 19.8 Å². The van der Waals surface area contributed by atoms with Crippen LogP contribution in [0.5, 0.6) is 0 Å². The molecule has 0 bridgehead atoms. The third-order valence-electron chi connectivity index (χ3n) is 2.59. The van der Waals surface area contributed by atoms with Gasteiger partial charge in [-0.2, -0.15) is 9.28 Å². The van der Waals surface area contributed by atoms with E-state index in [1.54, 1.807) is 6.20 Å². The SMILES string of the molecule is C[C@H](CC1=C[N+](C)(C(=O)O)C=N1)NC(=O)CCN. The highest BCUT2D eigenvalue weighted by Crippen LogP contribution is 2.18. The number of carbonyl (C=O) groups excluding carboxylic acids is 1. The van der Waals surface area contributed by atoms with Crippen LogP contribution in [-0.4, -0.2) is 47.6 Å². The fraction of sp³-hybridized carbons (Fsp3) is 0.545. The zero-order valence-corrected chi connectivity index (χ0v) is 10.6. The van der Waals surface area contributed by atoms with Gasteiger partial charge in [0.2, 0.25) is 12.2 Å². The minimum absolute atomic E-state index is 0.104. The van der Waals surface area contributed by atoms with Gasteiger partial charge in [-0.05, 0) is 6.92 Å². The number of amides is 2. The predicted octanol–water partition coefficient (Wildman–Crippen LogP) is 0.238. The first-order valence-corrected chi connectivity index (χ1v) is 5.73. The van der Waals surface area contributed by atoms with Gasteiger partial charge in [-0.1, -0.05) is 0 Å². The molecule has 2 amide bonds. The minimum atomic E-state index is -0.992. The molecule has 1 rings (SSSR count). The molecule has 7 heteroatoms. The Morgan fingerprint density at radius 1 is 1.61 bits per heavy atom. The summed E-state index contributed by atoms with van der Waals surface area (Å²) in [5.74, 6) is -0.108. The summed E-state index contributed by atoms with van der Waals surface area (Å²) in [6.45, 7) is 2.15. The second-order valence-electron chi connectivity index (χ2n) is 4.51. The fourth-order valence-corrected chi connectivity index (χ4v) is 1.62. The molecule has 0 saturated carbocycles. The van der Waals surface area contributed by atoms with E-state index in [2.05, 4.69) is 10.3 Å². The topological polar surface area (TPSA) is 105 Å². The van der Waals surface area contributed by atoms with E-state index in [-0.39, 0.29) is 22.9 Å². The van der Waals surface area contributed by atoms with E-state index in [9.17, 15) is 9.59 Å². The number of nitrogens with two attached hydrogens (primary N) is 1. The maximum atomic E-state index is 11.3. The highest BCUT2D eigenvalue weighted by molar-refractivity contribution is 5.76. The van der Waals surface area contributed by atoms with Crippen molar-refractivity contribution in [3.63, 3.8) is 0 Å². The molecular weight excluding hydrogens is 236 g/mol. The van der Waals surface area contributed by atoms with Gasteiger partial charge in [0.05, 0.1) is 7.05 Å². The average Bonchev–Trinajstić information content (AvgIpc) is 2.61. The number of aliphatic imine (C=N–C) groups is 1. The summed E-state index contributed by atoms with van der Waals surface area (Å²) < 4.78 is -0.362. The first-order chi connectivity index (χ1) is 8.37. The van der Waals surface area contributed by atoms with Crippen LogP contribution in [0, 0.1) is 0 Å². The molecule has 7 nitrogen and oxygen atoms in total. The minimum Gasteiger partial charge on any atom is -0.435 e. The van der Waals surface area contributed by atoms with Crippen molar-refractivity contribution in [3.05, 3.63) is 11.9 Å². The molecule has 0 aliphatic carbocycles. The van der Waals surface area contributed by atoms with E-state index < -0.39 is 6.09 Å². The molecule has 0 aromatic heterocycles. The highest BCUT2D eigenvalue weighted by Gasteiger charge is 2.33. The van der Waals surface area contributed by atoms with Gasteiger partial charge in [0.25, 0.3) is 0 Å². The molecule has 1 aliphatic heterocycles. The molecule has 0 radical (unpaired) electrons. The van der Waals surface area contributed by atoms with Crippen LogP contribution in [-0.2, 0) is 4.79 Å². The number of rotatable bonds is 5. The summed E-state index contributed by atoms with van der Waals surface area (Å²) in [5, 5.41) is 11.8. The molecular formula is C11H19N4O3+. The third kappa shape index (κ3) is 3.64. The number of hydrogen-bond acceptors (Lipinski definition) is 4. The highest BCUT2D eigenvalue weighted by atomic mass is 16.4. The van der Waals surface area contributed by atoms with Crippen molar-refractivity contribution in [3.8, 4) is 0 Å². The number of hydrogen-bond donors (Lipinski definition) is 3. The lowest BCUT2D eigenvalue weighted by Crippen LogP contribution is -2.40. The van der Waals surface area contributed by atoms with Crippen LogP contribution in [0.25, 0.3) is 0 Å². The van der Waals surface area contributed by atoms with Crippen molar-refractivity contribution >= 4 is 18.3 Å². The smallest absolute Gasteiger partial charge is 0.435 e. The lowest BCUT2D eigenvalue weighted by Gasteiger charge is -2.14. The lowest BCUT2D eigenvalue weighted by molar-refractivity contribution is -0.675. The molecule has 1 unspecified atom stereocenters. The molecule has 1 aliphatic rings. The number of carboxylic acid groups (broad SMARTS) is 1. The summed E-state index contributed by atoms with van der Waals surface area (Å²) in [6, 6.07) is -0.104. The zero-order chi connectivity index (χ0) is 13.8. The van der Waals surface area contributed by atoms with Crippen molar-refractivity contribution in [1.29, 1.82) is 0 Å². The van der Waals surface area contributed by atoms with Gasteiger partial charge in [0, 0.05) is 25.4 Å². The normalized spacial score (nSPS) is 23.6. The molecule has 0 fully saturated rings. The van der Waals surface area contributed by atoms with Crippen molar-refractivity contribution < 1.29 is 19.2 Å². The van der Waals surface area contributed by atoms with Crippen LogP contribution in [0.2, 0.25) is 0 Å². The van der Waals surface area contributed by atoms with Gasteiger partial charge in [-0.3, -0.25) is 4.79 Å². The molecule has 0 aromatic rings. The maximum Gasteiger partial charge on any atom is 0.524 e. The Kier molecular flexibility index (Phi) is 4.57. The van der Waals surface area contributed by atoms with Gasteiger partial charge >= 0.3 is 6.09 Å². The molecule has 100 valence electrons.